The molecule has 0 radical (unpaired) electrons. The van der Waals surface area contributed by atoms with Gasteiger partial charge in [-0.15, -0.1) is 0 Å². The number of hydrogen-bond acceptors (Lipinski definition) is 5. The summed E-state index contributed by atoms with van der Waals surface area (Å²) in [5.41, 5.74) is 6.37. The van der Waals surface area contributed by atoms with Gasteiger partial charge < -0.3 is 19.9 Å². The second-order valence-corrected chi connectivity index (χ2v) is 4.24. The maximum absolute atomic E-state index is 11.8. The van der Waals surface area contributed by atoms with Gasteiger partial charge in [-0.1, -0.05) is 30.3 Å². The van der Waals surface area contributed by atoms with Crippen LogP contribution in [0.15, 0.2) is 42.3 Å². The molecule has 0 amide bonds. The Hall–Kier alpha value is -1.85. The minimum absolute atomic E-state index is 0.117. The third-order valence-corrected chi connectivity index (χ3v) is 2.94. The average Bonchev–Trinajstić information content (AvgIpc) is 2.39. The number of hydrogen-bond donors (Lipinski definition) is 1. The van der Waals surface area contributed by atoms with Crippen molar-refractivity contribution in [3.05, 3.63) is 47.9 Å². The Balaban J connectivity index is 1.79. The Kier molecular flexibility index (Phi) is 2.77. The van der Waals surface area contributed by atoms with Gasteiger partial charge in [0, 0.05) is 11.6 Å². The molecule has 0 aliphatic carbocycles. The summed E-state index contributed by atoms with van der Waals surface area (Å²) >= 11 is 0. The second-order valence-electron chi connectivity index (χ2n) is 4.24. The molecule has 1 aromatic rings. The third-order valence-electron chi connectivity index (χ3n) is 2.94. The van der Waals surface area contributed by atoms with Crippen LogP contribution in [0.2, 0.25) is 0 Å². The number of benzene rings is 1. The summed E-state index contributed by atoms with van der Waals surface area (Å²) in [7, 11) is 0. The lowest BCUT2D eigenvalue weighted by atomic mass is 10.1. The van der Waals surface area contributed by atoms with Crippen molar-refractivity contribution in [3.63, 3.8) is 0 Å². The number of carbonyl (C=O) groups excluding carboxylic acids is 1. The molecule has 0 spiro atoms. The van der Waals surface area contributed by atoms with E-state index >= 15 is 0 Å². The number of fused-ring (bicyclic) bond motifs is 1. The zero-order chi connectivity index (χ0) is 12.5. The van der Waals surface area contributed by atoms with E-state index in [0.29, 0.717) is 0 Å². The lowest BCUT2D eigenvalue weighted by Crippen LogP contribution is -2.49. The van der Waals surface area contributed by atoms with Gasteiger partial charge in [-0.3, -0.25) is 4.79 Å². The molecular formula is C13H13NO4. The van der Waals surface area contributed by atoms with E-state index in [1.54, 1.807) is 0 Å². The Morgan fingerprint density at radius 3 is 2.78 bits per heavy atom. The molecule has 18 heavy (non-hydrogen) atoms. The van der Waals surface area contributed by atoms with Gasteiger partial charge >= 0.3 is 0 Å². The number of carbonyl (C=O) groups is 1. The maximum Gasteiger partial charge on any atom is 0.193 e. The fourth-order valence-corrected chi connectivity index (χ4v) is 2.09. The van der Waals surface area contributed by atoms with Crippen LogP contribution in [0.5, 0.6) is 0 Å². The maximum atomic E-state index is 11.8. The molecule has 1 saturated heterocycles. The van der Waals surface area contributed by atoms with Crippen LogP contribution in [0.25, 0.3) is 0 Å². The van der Waals surface area contributed by atoms with Gasteiger partial charge in [0.05, 0.1) is 6.61 Å². The number of rotatable bonds is 1. The monoisotopic (exact) mass is 247 g/mol. The van der Waals surface area contributed by atoms with Crippen LogP contribution in [0.4, 0.5) is 0 Å². The molecule has 1 aromatic carbocycles. The summed E-state index contributed by atoms with van der Waals surface area (Å²) < 4.78 is 16.5. The van der Waals surface area contributed by atoms with Crippen molar-refractivity contribution in [1.29, 1.82) is 0 Å². The molecule has 0 aromatic heterocycles. The van der Waals surface area contributed by atoms with E-state index < -0.39 is 18.5 Å². The van der Waals surface area contributed by atoms with Gasteiger partial charge in [0.1, 0.15) is 0 Å². The van der Waals surface area contributed by atoms with Gasteiger partial charge in [0.2, 0.25) is 0 Å². The molecule has 0 unspecified atom stereocenters. The minimum atomic E-state index is -0.642. The van der Waals surface area contributed by atoms with Gasteiger partial charge in [0.25, 0.3) is 0 Å². The van der Waals surface area contributed by atoms with E-state index in [9.17, 15) is 4.79 Å². The molecule has 2 heterocycles. The quantitative estimate of drug-likeness (QED) is 0.797. The third kappa shape index (κ3) is 1.98. The second kappa shape index (κ2) is 4.44. The summed E-state index contributed by atoms with van der Waals surface area (Å²) in [6.45, 7) is 0.282. The Labute approximate surface area is 104 Å². The van der Waals surface area contributed by atoms with Gasteiger partial charge in [-0.2, -0.15) is 0 Å². The standard InChI is InChI=1S/C13H13NO4/c14-11-6-9(15)12-10(17-11)7-16-13(18-12)8-4-2-1-3-5-8/h1-6,10,12-13H,7,14H2/t10-,12+,13-/m1/s1. The summed E-state index contributed by atoms with van der Waals surface area (Å²) in [4.78, 5) is 11.8. The Morgan fingerprint density at radius 2 is 2.00 bits per heavy atom. The molecular weight excluding hydrogens is 234 g/mol. The SMILES string of the molecule is NC1=CC(=O)[C@@H]2O[C@H](c3ccccc3)OC[C@H]2O1. The molecule has 2 aliphatic heterocycles. The summed E-state index contributed by atoms with van der Waals surface area (Å²) in [5, 5.41) is 0. The van der Waals surface area contributed by atoms with E-state index in [1.165, 1.54) is 6.08 Å². The summed E-state index contributed by atoms with van der Waals surface area (Å²) in [5.74, 6) is -0.0559. The molecule has 1 fully saturated rings. The predicted molar refractivity (Wildman–Crippen MR) is 62.2 cm³/mol. The Bertz CT molecular complexity index is 485. The summed E-state index contributed by atoms with van der Waals surface area (Å²) in [6, 6.07) is 9.48. The first-order chi connectivity index (χ1) is 8.74. The van der Waals surface area contributed by atoms with Crippen LogP contribution in [0.1, 0.15) is 11.9 Å². The number of nitrogens with two attached hydrogens (primary N) is 1. The molecule has 5 nitrogen and oxygen atoms in total. The Morgan fingerprint density at radius 1 is 1.22 bits per heavy atom. The van der Waals surface area contributed by atoms with E-state index in [-0.39, 0.29) is 18.3 Å². The number of ketones is 1. The minimum Gasteiger partial charge on any atom is -0.470 e. The lowest BCUT2D eigenvalue weighted by Gasteiger charge is -2.37. The van der Waals surface area contributed by atoms with Gasteiger partial charge in [-0.25, -0.2) is 0 Å². The smallest absolute Gasteiger partial charge is 0.193 e. The topological polar surface area (TPSA) is 70.8 Å². The van der Waals surface area contributed by atoms with Crippen molar-refractivity contribution >= 4 is 5.78 Å². The van der Waals surface area contributed by atoms with Crippen molar-refractivity contribution in [2.45, 2.75) is 18.5 Å². The van der Waals surface area contributed by atoms with Gasteiger partial charge in [0.15, 0.2) is 30.2 Å². The van der Waals surface area contributed by atoms with Crippen molar-refractivity contribution in [2.75, 3.05) is 6.61 Å². The normalized spacial score (nSPS) is 31.2. The predicted octanol–water partition coefficient (Wildman–Crippen LogP) is 0.869. The molecule has 5 heteroatoms. The molecule has 2 aliphatic rings. The van der Waals surface area contributed by atoms with Crippen molar-refractivity contribution in [1.82, 2.24) is 0 Å². The first-order valence-corrected chi connectivity index (χ1v) is 5.74. The first-order valence-electron chi connectivity index (χ1n) is 5.74. The molecule has 0 bridgehead atoms. The summed E-state index contributed by atoms with van der Waals surface area (Å²) in [6.07, 6.45) is -0.374. The molecule has 3 atom stereocenters. The van der Waals surface area contributed by atoms with E-state index in [2.05, 4.69) is 0 Å². The fourth-order valence-electron chi connectivity index (χ4n) is 2.09. The van der Waals surface area contributed by atoms with E-state index in [4.69, 9.17) is 19.9 Å². The van der Waals surface area contributed by atoms with E-state index in [0.717, 1.165) is 5.56 Å². The van der Waals surface area contributed by atoms with Crippen molar-refractivity contribution < 1.29 is 19.0 Å². The van der Waals surface area contributed by atoms with Crippen molar-refractivity contribution in [3.8, 4) is 0 Å². The van der Waals surface area contributed by atoms with Crippen LogP contribution >= 0.6 is 0 Å². The largest absolute Gasteiger partial charge is 0.470 e. The van der Waals surface area contributed by atoms with Crippen LogP contribution in [-0.2, 0) is 19.0 Å². The highest BCUT2D eigenvalue weighted by atomic mass is 16.7. The molecule has 3 rings (SSSR count). The van der Waals surface area contributed by atoms with Crippen LogP contribution in [-0.4, -0.2) is 24.6 Å². The molecule has 2 N–H and O–H groups in total. The molecule has 94 valence electrons. The van der Waals surface area contributed by atoms with Crippen LogP contribution in [0.3, 0.4) is 0 Å². The zero-order valence-corrected chi connectivity index (χ0v) is 9.61. The highest BCUT2D eigenvalue weighted by Crippen LogP contribution is 2.30. The van der Waals surface area contributed by atoms with E-state index in [1.807, 2.05) is 30.3 Å². The highest BCUT2D eigenvalue weighted by Gasteiger charge is 2.40. The van der Waals surface area contributed by atoms with Crippen molar-refractivity contribution in [2.24, 2.45) is 5.73 Å². The first kappa shape index (κ1) is 11.3. The zero-order valence-electron chi connectivity index (χ0n) is 9.61. The number of ether oxygens (including phenoxy) is 3. The lowest BCUT2D eigenvalue weighted by molar-refractivity contribution is -0.255. The van der Waals surface area contributed by atoms with Crippen LogP contribution in [0, 0.1) is 0 Å². The van der Waals surface area contributed by atoms with Gasteiger partial charge in [-0.05, 0) is 0 Å². The van der Waals surface area contributed by atoms with Crippen LogP contribution < -0.4 is 5.73 Å². The highest BCUT2D eigenvalue weighted by molar-refractivity contribution is 5.95. The fraction of sp³-hybridized carbons (Fsp3) is 0.308. The molecule has 0 saturated carbocycles. The average molecular weight is 247 g/mol.